The number of nitrogens with two attached hydrogens (primary N) is 1. The number of aliphatic hydroxyl groups excluding tert-OH is 5. The fourth-order valence-corrected chi connectivity index (χ4v) is 10.3. The number of benzene rings is 2. The van der Waals surface area contributed by atoms with Crippen molar-refractivity contribution in [3.63, 3.8) is 0 Å². The molecule has 67 heavy (non-hydrogen) atoms. The van der Waals surface area contributed by atoms with Gasteiger partial charge in [-0.15, -0.1) is 0 Å². The molecule has 28 heteroatoms. The summed E-state index contributed by atoms with van der Waals surface area (Å²) in [7, 11) is -11.1. The zero-order chi connectivity index (χ0) is 48.1. The standard InChI is InChI=1S/C39H48N10O16P2/c1-18-10-24-25(11-19(18)2)48(36-30(37(56)46-39(57)45-36)47(24)9-3-8-41-23-7-5-20-4-6-21(50)12-22(20)23)13-26(51)31(53)27(52)14-62-66(58,59)65-67(60,61)63-15-28-32(54)33(55)38(64-28)49-17-44-29-34(40)42-16-43-35(29)49/h4,6,8,10-12,16-17,23,26-28,31-33,38,50-55H,3,5,7,9,13-15H2,1-2H3,(H,58,59)(H,60,61)(H2,40,42,43)(H2,45,46,56,57)/t23-,26+,27-,28-,31+,32-,33-,38-/m1/s1. The average Bonchev–Trinajstić information content (AvgIpc) is 3.96. The number of aromatic hydroxyl groups is 1. The molecule has 2 unspecified atom stereocenters. The van der Waals surface area contributed by atoms with Crippen molar-refractivity contribution in [2.75, 3.05) is 41.8 Å². The Morgan fingerprint density at radius 1 is 0.970 bits per heavy atom. The molecule has 2 aromatic carbocycles. The molecule has 3 aromatic heterocycles. The number of phosphoric acid groups is 2. The number of aryl methyl sites for hydroxylation is 3. The number of ether oxygens (including phenoxy) is 1. The number of aromatic nitrogens is 6. The first-order valence-electron chi connectivity index (χ1n) is 20.7. The van der Waals surface area contributed by atoms with Gasteiger partial charge in [-0.3, -0.25) is 33.4 Å². The van der Waals surface area contributed by atoms with Crippen LogP contribution in [0.5, 0.6) is 5.75 Å². The molecular weight excluding hydrogens is 926 g/mol. The van der Waals surface area contributed by atoms with Gasteiger partial charge in [0.25, 0.3) is 5.56 Å². The third-order valence-corrected chi connectivity index (χ3v) is 14.3. The van der Waals surface area contributed by atoms with Crippen LogP contribution in [0, 0.1) is 13.8 Å². The van der Waals surface area contributed by atoms with Gasteiger partial charge in [-0.05, 0) is 73.2 Å². The molecule has 0 bridgehead atoms. The lowest BCUT2D eigenvalue weighted by Crippen LogP contribution is -2.47. The number of aromatic amines is 2. The highest BCUT2D eigenvalue weighted by molar-refractivity contribution is 7.61. The van der Waals surface area contributed by atoms with Crippen molar-refractivity contribution < 1.29 is 67.7 Å². The highest BCUT2D eigenvalue weighted by Gasteiger charge is 2.47. The van der Waals surface area contributed by atoms with Gasteiger partial charge >= 0.3 is 21.3 Å². The Labute approximate surface area is 378 Å². The van der Waals surface area contributed by atoms with Gasteiger partial charge in [-0.2, -0.15) is 4.31 Å². The number of aliphatic hydroxyl groups is 5. The Kier molecular flexibility index (Phi) is 13.6. The van der Waals surface area contributed by atoms with Gasteiger partial charge in [-0.25, -0.2) is 28.9 Å². The number of nitrogen functional groups attached to an aromatic ring is 1. The molecule has 0 spiro atoms. The Bertz CT molecular complexity index is 2920. The summed E-state index contributed by atoms with van der Waals surface area (Å²) in [5.41, 5.74) is 9.01. The number of phosphoric ester groups is 2. The van der Waals surface area contributed by atoms with Gasteiger partial charge in [0.1, 0.15) is 65.7 Å². The third kappa shape index (κ3) is 9.94. The minimum atomic E-state index is -5.59. The molecule has 10 atom stereocenters. The minimum absolute atomic E-state index is 0.00280. The molecular formula is C39H48N10O16P2. The Balaban J connectivity index is 0.901. The van der Waals surface area contributed by atoms with Crippen LogP contribution in [0.15, 0.2) is 57.6 Å². The van der Waals surface area contributed by atoms with E-state index in [1.807, 2.05) is 26.0 Å². The van der Waals surface area contributed by atoms with Crippen LogP contribution in [0.4, 0.5) is 28.7 Å². The van der Waals surface area contributed by atoms with E-state index < -0.39 is 89.5 Å². The molecule has 8 rings (SSSR count). The maximum atomic E-state index is 13.5. The molecule has 2 aliphatic heterocycles. The van der Waals surface area contributed by atoms with Crippen LogP contribution >= 0.6 is 15.6 Å². The molecule has 0 amide bonds. The Hall–Kier alpha value is -5.44. The smallest absolute Gasteiger partial charge is 0.481 e. The first-order chi connectivity index (χ1) is 31.7. The molecule has 1 fully saturated rings. The molecule has 1 aliphatic carbocycles. The van der Waals surface area contributed by atoms with Crippen molar-refractivity contribution in [3.8, 4) is 5.75 Å². The molecule has 0 radical (unpaired) electrons. The highest BCUT2D eigenvalue weighted by Crippen LogP contribution is 2.60. The molecule has 0 saturated carbocycles. The van der Waals surface area contributed by atoms with Crippen molar-refractivity contribution >= 4 is 61.7 Å². The summed E-state index contributed by atoms with van der Waals surface area (Å²) < 4.78 is 46.1. The lowest BCUT2D eigenvalue weighted by molar-refractivity contribution is -0.0719. The van der Waals surface area contributed by atoms with E-state index in [4.69, 9.17) is 20.0 Å². The SMILES string of the molecule is Cc1cc2c(cc1C)N(CCC=N[C@@H]1CCc3ccc(O)cc31)c1c([nH]c(=O)[nH]c1=O)N2C[C@H](O)[C@H](O)[C@H](O)COP(=O)(O)OP(=O)(O)OC[C@H]1O[C@@H](n2cnc3c(N)ncnc32)[C@H](O)[C@@H]1O. The zero-order valence-corrected chi connectivity index (χ0v) is 37.4. The Morgan fingerprint density at radius 2 is 1.69 bits per heavy atom. The zero-order valence-electron chi connectivity index (χ0n) is 35.6. The molecule has 12 N–H and O–H groups in total. The summed E-state index contributed by atoms with van der Waals surface area (Å²) in [5.74, 6) is 0.117. The number of β-amino-alcohol motifs (C(OH)–C–C–N with tert-alkyl or cyclic N) is 1. The largest absolute Gasteiger partial charge is 0.508 e. The first kappa shape index (κ1) is 48.0. The predicted octanol–water partition coefficient (Wildman–Crippen LogP) is 0.498. The maximum Gasteiger partial charge on any atom is 0.481 e. The van der Waals surface area contributed by atoms with Crippen LogP contribution in [0.1, 0.15) is 47.4 Å². The van der Waals surface area contributed by atoms with Gasteiger partial charge in [0, 0.05) is 19.2 Å². The van der Waals surface area contributed by atoms with E-state index in [1.165, 1.54) is 15.8 Å². The van der Waals surface area contributed by atoms with Crippen molar-refractivity contribution in [2.24, 2.45) is 4.99 Å². The van der Waals surface area contributed by atoms with Gasteiger partial charge in [0.15, 0.2) is 17.7 Å². The number of anilines is 5. The number of phenols is 1. The molecule has 26 nitrogen and oxygen atoms in total. The second-order valence-electron chi connectivity index (χ2n) is 16.2. The number of nitrogens with one attached hydrogen (secondary N) is 2. The number of H-pyrrole nitrogens is 2. The van der Waals surface area contributed by atoms with Crippen LogP contribution < -0.4 is 26.8 Å². The monoisotopic (exact) mass is 974 g/mol. The summed E-state index contributed by atoms with van der Waals surface area (Å²) in [6, 6.07) is 8.61. The van der Waals surface area contributed by atoms with Gasteiger partial charge < -0.3 is 60.7 Å². The molecule has 5 heterocycles. The maximum absolute atomic E-state index is 13.5. The molecule has 360 valence electrons. The summed E-state index contributed by atoms with van der Waals surface area (Å²) in [6.07, 6.45) is -6.39. The number of fused-ring (bicyclic) bond motifs is 4. The van der Waals surface area contributed by atoms with Crippen LogP contribution in [-0.4, -0.2) is 139 Å². The van der Waals surface area contributed by atoms with E-state index in [2.05, 4.69) is 33.8 Å². The van der Waals surface area contributed by atoms with Crippen LogP contribution in [0.25, 0.3) is 11.2 Å². The third-order valence-electron chi connectivity index (χ3n) is 11.7. The molecule has 3 aliphatic rings. The number of rotatable bonds is 17. The fraction of sp³-hybridized carbons (Fsp3) is 0.436. The number of nitrogens with zero attached hydrogens (tertiary/aromatic N) is 7. The Morgan fingerprint density at radius 3 is 2.43 bits per heavy atom. The summed E-state index contributed by atoms with van der Waals surface area (Å²) >= 11 is 0. The van der Waals surface area contributed by atoms with Crippen molar-refractivity contribution in [2.45, 2.75) is 82.0 Å². The predicted molar refractivity (Wildman–Crippen MR) is 236 cm³/mol. The quantitative estimate of drug-likeness (QED) is 0.0446. The van der Waals surface area contributed by atoms with E-state index >= 15 is 0 Å². The van der Waals surface area contributed by atoms with Crippen LogP contribution in [0.3, 0.4) is 0 Å². The lowest BCUT2D eigenvalue weighted by atomic mass is 10.0. The van der Waals surface area contributed by atoms with E-state index in [0.29, 0.717) is 17.8 Å². The van der Waals surface area contributed by atoms with Gasteiger partial charge in [-0.1, -0.05) is 6.07 Å². The van der Waals surface area contributed by atoms with Gasteiger partial charge in [0.05, 0.1) is 43.5 Å². The van der Waals surface area contributed by atoms with Crippen LogP contribution in [-0.2, 0) is 33.6 Å². The summed E-state index contributed by atoms with van der Waals surface area (Å²) in [4.78, 5) is 71.3. The lowest BCUT2D eigenvalue weighted by Gasteiger charge is -2.40. The summed E-state index contributed by atoms with van der Waals surface area (Å²) in [6.45, 7) is 1.10. The van der Waals surface area contributed by atoms with E-state index in [-0.39, 0.29) is 46.8 Å². The number of aliphatic imine (C=N–C) groups is 1. The first-order valence-corrected chi connectivity index (χ1v) is 23.7. The van der Waals surface area contributed by atoms with E-state index in [1.54, 1.807) is 29.3 Å². The average molecular weight is 975 g/mol. The van der Waals surface area contributed by atoms with Crippen molar-refractivity contribution in [1.82, 2.24) is 29.5 Å². The molecule has 1 saturated heterocycles. The highest BCUT2D eigenvalue weighted by atomic mass is 31.3. The van der Waals surface area contributed by atoms with Crippen molar-refractivity contribution in [3.05, 3.63) is 86.1 Å². The number of phenolic OH excluding ortho intramolecular Hbond substituents is 1. The fourth-order valence-electron chi connectivity index (χ4n) is 8.22. The number of hydrogen-bond donors (Lipinski definition) is 11. The topological polar surface area (TPSA) is 387 Å². The van der Waals surface area contributed by atoms with Crippen LogP contribution in [0.2, 0.25) is 0 Å². The second-order valence-corrected chi connectivity index (χ2v) is 19.3. The molecule has 5 aromatic rings. The van der Waals surface area contributed by atoms with Gasteiger partial charge in [0.2, 0.25) is 0 Å². The second kappa shape index (κ2) is 18.9. The minimum Gasteiger partial charge on any atom is -0.508 e. The normalized spacial score (nSPS) is 23.4. The number of imidazole rings is 1. The van der Waals surface area contributed by atoms with E-state index in [0.717, 1.165) is 41.4 Å². The number of hydrogen-bond acceptors (Lipinski definition) is 21. The summed E-state index contributed by atoms with van der Waals surface area (Å²) in [5, 5.41) is 64.4. The van der Waals surface area contributed by atoms with Crippen molar-refractivity contribution in [1.29, 1.82) is 0 Å². The van der Waals surface area contributed by atoms with E-state index in [9.17, 15) is 59.1 Å².